The Hall–Kier alpha value is -1.90. The van der Waals surface area contributed by atoms with Crippen molar-refractivity contribution in [1.82, 2.24) is 0 Å². The standard InChI is InChI=1S/C27H28IOP/c1-23(19-20-24-12-11-21-29-24)22-30(28,25-13-5-2-6-14-25,26-15-7-3-8-16-26)27-17-9-4-10-18-27/h2-18,21,23H,19-20,22H2,1H3. The van der Waals surface area contributed by atoms with Crippen molar-refractivity contribution < 1.29 is 4.42 Å². The van der Waals surface area contributed by atoms with Gasteiger partial charge >= 0.3 is 194 Å². The van der Waals surface area contributed by atoms with Crippen LogP contribution in [-0.2, 0) is 6.42 Å². The summed E-state index contributed by atoms with van der Waals surface area (Å²) in [5, 5.41) is 4.35. The molecule has 4 aromatic rings. The summed E-state index contributed by atoms with van der Waals surface area (Å²) in [6, 6.07) is 37.6. The van der Waals surface area contributed by atoms with Crippen molar-refractivity contribution in [3.63, 3.8) is 0 Å². The molecule has 0 fully saturated rings. The SMILES string of the molecule is CC(CCc1ccco1)CP(I)(c1ccccc1)(c1ccccc1)c1ccccc1. The van der Waals surface area contributed by atoms with Gasteiger partial charge in [0.05, 0.1) is 0 Å². The van der Waals surface area contributed by atoms with Crippen molar-refractivity contribution in [3.8, 4) is 0 Å². The Bertz CT molecular complexity index is 947. The van der Waals surface area contributed by atoms with Crippen molar-refractivity contribution in [2.24, 2.45) is 5.92 Å². The molecule has 3 heteroatoms. The van der Waals surface area contributed by atoms with Crippen LogP contribution in [0.15, 0.2) is 114 Å². The minimum atomic E-state index is -2.69. The van der Waals surface area contributed by atoms with Crippen LogP contribution in [0.25, 0.3) is 0 Å². The zero-order valence-corrected chi connectivity index (χ0v) is 20.4. The van der Waals surface area contributed by atoms with Gasteiger partial charge in [0.1, 0.15) is 0 Å². The summed E-state index contributed by atoms with van der Waals surface area (Å²) in [4.78, 5) is 0. The van der Waals surface area contributed by atoms with Crippen molar-refractivity contribution in [2.75, 3.05) is 6.16 Å². The van der Waals surface area contributed by atoms with Crippen LogP contribution in [0, 0.1) is 5.92 Å². The molecule has 1 atom stereocenters. The van der Waals surface area contributed by atoms with Crippen LogP contribution < -0.4 is 15.9 Å². The van der Waals surface area contributed by atoms with Gasteiger partial charge in [-0.05, 0) is 0 Å². The normalized spacial score (nSPS) is 14.0. The van der Waals surface area contributed by atoms with E-state index in [4.69, 9.17) is 4.42 Å². The maximum atomic E-state index is 5.60. The molecule has 0 amide bonds. The van der Waals surface area contributed by atoms with Crippen molar-refractivity contribution >= 4 is 42.2 Å². The Morgan fingerprint density at radius 3 is 1.57 bits per heavy atom. The number of furan rings is 1. The second-order valence-electron chi connectivity index (χ2n) is 8.10. The van der Waals surface area contributed by atoms with Crippen LogP contribution in [0.4, 0.5) is 0 Å². The summed E-state index contributed by atoms with van der Waals surface area (Å²) in [7, 11) is 0. The van der Waals surface area contributed by atoms with E-state index >= 15 is 0 Å². The Morgan fingerprint density at radius 2 is 1.17 bits per heavy atom. The summed E-state index contributed by atoms with van der Waals surface area (Å²) in [6.07, 6.45) is 5.00. The van der Waals surface area contributed by atoms with Gasteiger partial charge in [-0.25, -0.2) is 0 Å². The molecular weight excluding hydrogens is 498 g/mol. The van der Waals surface area contributed by atoms with E-state index in [1.54, 1.807) is 6.26 Å². The first-order valence-corrected chi connectivity index (χ1v) is 15.7. The molecule has 154 valence electrons. The molecule has 0 aliphatic carbocycles. The van der Waals surface area contributed by atoms with Crippen molar-refractivity contribution in [1.29, 1.82) is 0 Å². The van der Waals surface area contributed by atoms with Crippen LogP contribution in [0.2, 0.25) is 0 Å². The molecule has 1 heterocycles. The minimum absolute atomic E-state index is 0.547. The van der Waals surface area contributed by atoms with E-state index < -0.39 is 4.25 Å². The fraction of sp³-hybridized carbons (Fsp3) is 0.185. The fourth-order valence-electron chi connectivity index (χ4n) is 4.50. The summed E-state index contributed by atoms with van der Waals surface area (Å²) < 4.78 is 2.92. The zero-order valence-electron chi connectivity index (χ0n) is 17.3. The average Bonchev–Trinajstić information content (AvgIpc) is 3.33. The van der Waals surface area contributed by atoms with E-state index in [1.807, 2.05) is 6.07 Å². The molecule has 0 bridgehead atoms. The molecule has 1 aromatic heterocycles. The van der Waals surface area contributed by atoms with E-state index in [2.05, 4.69) is 126 Å². The van der Waals surface area contributed by atoms with Gasteiger partial charge in [-0.1, -0.05) is 0 Å². The maximum absolute atomic E-state index is 5.60. The van der Waals surface area contributed by atoms with Crippen LogP contribution in [0.3, 0.4) is 0 Å². The quantitative estimate of drug-likeness (QED) is 0.183. The Morgan fingerprint density at radius 1 is 0.700 bits per heavy atom. The Balaban J connectivity index is 1.85. The molecule has 0 saturated heterocycles. The molecule has 0 spiro atoms. The van der Waals surface area contributed by atoms with Gasteiger partial charge in [-0.2, -0.15) is 0 Å². The van der Waals surface area contributed by atoms with E-state index in [0.717, 1.165) is 24.8 Å². The number of rotatable bonds is 8. The van der Waals surface area contributed by atoms with E-state index in [-0.39, 0.29) is 0 Å². The van der Waals surface area contributed by atoms with E-state index in [0.29, 0.717) is 5.92 Å². The van der Waals surface area contributed by atoms with Crippen LogP contribution in [0.1, 0.15) is 19.1 Å². The molecule has 4 rings (SSSR count). The van der Waals surface area contributed by atoms with Gasteiger partial charge in [-0.3, -0.25) is 0 Å². The molecule has 1 nitrogen and oxygen atoms in total. The summed E-state index contributed by atoms with van der Waals surface area (Å²) in [6.45, 7) is 2.40. The first kappa shape index (κ1) is 21.3. The zero-order chi connectivity index (χ0) is 20.9. The topological polar surface area (TPSA) is 13.1 Å². The molecule has 30 heavy (non-hydrogen) atoms. The molecule has 0 saturated carbocycles. The Labute approximate surface area is 192 Å². The second-order valence-corrected chi connectivity index (χ2v) is 18.8. The number of aryl methyl sites for hydroxylation is 1. The first-order chi connectivity index (χ1) is 14.6. The number of benzene rings is 3. The van der Waals surface area contributed by atoms with Crippen molar-refractivity contribution in [3.05, 3.63) is 115 Å². The molecule has 0 aliphatic heterocycles. The number of hydrogen-bond donors (Lipinski definition) is 0. The molecule has 0 aliphatic rings. The van der Waals surface area contributed by atoms with Crippen LogP contribution in [0.5, 0.6) is 0 Å². The fourth-order valence-corrected chi connectivity index (χ4v) is 14.7. The monoisotopic (exact) mass is 526 g/mol. The third-order valence-corrected chi connectivity index (χ3v) is 17.6. The second kappa shape index (κ2) is 9.08. The summed E-state index contributed by atoms with van der Waals surface area (Å²) >= 11 is 2.88. The molecule has 1 unspecified atom stereocenters. The van der Waals surface area contributed by atoms with Gasteiger partial charge in [0.2, 0.25) is 0 Å². The van der Waals surface area contributed by atoms with Crippen molar-refractivity contribution in [2.45, 2.75) is 19.8 Å². The Kier molecular flexibility index (Phi) is 6.46. The number of halogens is 1. The van der Waals surface area contributed by atoms with Crippen LogP contribution >= 0.6 is 26.3 Å². The van der Waals surface area contributed by atoms with E-state index in [9.17, 15) is 0 Å². The molecule has 3 aromatic carbocycles. The third kappa shape index (κ3) is 4.00. The van der Waals surface area contributed by atoms with E-state index in [1.165, 1.54) is 15.9 Å². The summed E-state index contributed by atoms with van der Waals surface area (Å²) in [5.41, 5.74) is 0. The molecule has 0 radical (unpaired) electrons. The van der Waals surface area contributed by atoms with Gasteiger partial charge in [0, 0.05) is 0 Å². The predicted octanol–water partition coefficient (Wildman–Crippen LogP) is 6.73. The molecular formula is C27H28IOP. The first-order valence-electron chi connectivity index (χ1n) is 10.5. The summed E-state index contributed by atoms with van der Waals surface area (Å²) in [5.74, 6) is 1.63. The average molecular weight is 526 g/mol. The van der Waals surface area contributed by atoms with Gasteiger partial charge in [-0.15, -0.1) is 0 Å². The third-order valence-electron chi connectivity index (χ3n) is 6.00. The van der Waals surface area contributed by atoms with Crippen LogP contribution in [-0.4, -0.2) is 6.16 Å². The van der Waals surface area contributed by atoms with Gasteiger partial charge < -0.3 is 0 Å². The molecule has 0 N–H and O–H groups in total. The number of hydrogen-bond acceptors (Lipinski definition) is 1. The predicted molar refractivity (Wildman–Crippen MR) is 140 cm³/mol. The van der Waals surface area contributed by atoms with Gasteiger partial charge in [0.15, 0.2) is 0 Å². The van der Waals surface area contributed by atoms with Gasteiger partial charge in [0.25, 0.3) is 0 Å².